The normalized spacial score (nSPS) is 11.2. The number of nitrogens with one attached hydrogen (secondary N) is 1. The van der Waals surface area contributed by atoms with Gasteiger partial charge in [0, 0.05) is 11.1 Å². The van der Waals surface area contributed by atoms with Crippen LogP contribution in [0.5, 0.6) is 5.75 Å². The predicted octanol–water partition coefficient (Wildman–Crippen LogP) is 4.55. The maximum atomic E-state index is 5.19. The second kappa shape index (κ2) is 8.15. The molecule has 3 nitrogen and oxygen atoms in total. The summed E-state index contributed by atoms with van der Waals surface area (Å²) in [5.74, 6) is 0.858. The van der Waals surface area contributed by atoms with Gasteiger partial charge in [-0.15, -0.1) is 0 Å². The first-order valence-corrected chi connectivity index (χ1v) is 8.32. The topological polar surface area (TPSA) is 33.6 Å². The average molecular weight is 330 g/mol. The lowest BCUT2D eigenvalue weighted by Gasteiger charge is -2.09. The molecular weight excluding hydrogens is 308 g/mol. The zero-order valence-corrected chi connectivity index (χ0v) is 14.6. The maximum Gasteiger partial charge on any atom is 0.118 e. The number of hydrogen-bond acceptors (Lipinski definition) is 3. The molecule has 0 aliphatic heterocycles. The van der Waals surface area contributed by atoms with E-state index in [0.717, 1.165) is 28.2 Å². The van der Waals surface area contributed by atoms with Crippen molar-refractivity contribution >= 4 is 5.71 Å². The zero-order chi connectivity index (χ0) is 17.5. The molecule has 3 aromatic rings. The minimum atomic E-state index is 0.659. The van der Waals surface area contributed by atoms with Crippen molar-refractivity contribution < 1.29 is 4.74 Å². The molecule has 0 aromatic heterocycles. The summed E-state index contributed by atoms with van der Waals surface area (Å²) in [6, 6.07) is 26.6. The van der Waals surface area contributed by atoms with Gasteiger partial charge in [0.25, 0.3) is 0 Å². The number of hydrazone groups is 1. The number of methoxy groups -OCH3 is 1. The third kappa shape index (κ3) is 4.48. The minimum Gasteiger partial charge on any atom is -0.497 e. The van der Waals surface area contributed by atoms with Crippen LogP contribution in [-0.4, -0.2) is 12.8 Å². The number of aryl methyl sites for hydroxylation is 1. The van der Waals surface area contributed by atoms with Crippen LogP contribution in [0.2, 0.25) is 0 Å². The van der Waals surface area contributed by atoms with Gasteiger partial charge in [0.1, 0.15) is 5.75 Å². The first kappa shape index (κ1) is 16.8. The highest BCUT2D eigenvalue weighted by atomic mass is 16.5. The van der Waals surface area contributed by atoms with Crippen LogP contribution in [0, 0.1) is 6.92 Å². The van der Waals surface area contributed by atoms with Crippen molar-refractivity contribution in [2.75, 3.05) is 7.11 Å². The molecule has 0 aliphatic carbocycles. The van der Waals surface area contributed by atoms with E-state index in [1.807, 2.05) is 42.5 Å². The van der Waals surface area contributed by atoms with E-state index in [0.29, 0.717) is 6.54 Å². The summed E-state index contributed by atoms with van der Waals surface area (Å²) in [6.07, 6.45) is 0. The van der Waals surface area contributed by atoms with E-state index in [1.54, 1.807) is 7.11 Å². The lowest BCUT2D eigenvalue weighted by molar-refractivity contribution is 0.414. The first-order valence-electron chi connectivity index (χ1n) is 8.32. The molecule has 126 valence electrons. The molecule has 0 unspecified atom stereocenters. The second-order valence-corrected chi connectivity index (χ2v) is 5.88. The SMILES string of the molecule is COc1ccc(CN/N=C(\c2ccccc2)c2ccc(C)cc2)cc1. The van der Waals surface area contributed by atoms with Crippen LogP contribution in [-0.2, 0) is 6.54 Å². The van der Waals surface area contributed by atoms with Crippen LogP contribution in [0.15, 0.2) is 84.0 Å². The van der Waals surface area contributed by atoms with Crippen molar-refractivity contribution in [3.05, 3.63) is 101 Å². The Morgan fingerprint density at radius 2 is 1.48 bits per heavy atom. The van der Waals surface area contributed by atoms with E-state index in [4.69, 9.17) is 4.74 Å². The number of nitrogens with zero attached hydrogens (tertiary/aromatic N) is 1. The van der Waals surface area contributed by atoms with Gasteiger partial charge in [0.2, 0.25) is 0 Å². The fraction of sp³-hybridized carbons (Fsp3) is 0.136. The van der Waals surface area contributed by atoms with E-state index in [9.17, 15) is 0 Å². The summed E-state index contributed by atoms with van der Waals surface area (Å²) in [6.45, 7) is 2.75. The Morgan fingerprint density at radius 1 is 0.840 bits per heavy atom. The van der Waals surface area contributed by atoms with Crippen LogP contribution in [0.3, 0.4) is 0 Å². The van der Waals surface area contributed by atoms with Gasteiger partial charge >= 0.3 is 0 Å². The molecule has 0 bridgehead atoms. The maximum absolute atomic E-state index is 5.19. The Bertz CT molecular complexity index is 822. The molecule has 0 saturated heterocycles. The van der Waals surface area contributed by atoms with E-state index < -0.39 is 0 Å². The summed E-state index contributed by atoms with van der Waals surface area (Å²) >= 11 is 0. The van der Waals surface area contributed by atoms with Crippen LogP contribution < -0.4 is 10.2 Å². The number of hydrogen-bond donors (Lipinski definition) is 1. The van der Waals surface area contributed by atoms with Crippen molar-refractivity contribution in [3.63, 3.8) is 0 Å². The lowest BCUT2D eigenvalue weighted by atomic mass is 10.0. The van der Waals surface area contributed by atoms with E-state index in [1.165, 1.54) is 5.56 Å². The lowest BCUT2D eigenvalue weighted by Crippen LogP contribution is -2.12. The van der Waals surface area contributed by atoms with Gasteiger partial charge in [-0.3, -0.25) is 0 Å². The van der Waals surface area contributed by atoms with E-state index in [2.05, 4.69) is 53.8 Å². The fourth-order valence-corrected chi connectivity index (χ4v) is 2.56. The van der Waals surface area contributed by atoms with Crippen molar-refractivity contribution in [1.29, 1.82) is 0 Å². The smallest absolute Gasteiger partial charge is 0.118 e. The first-order chi connectivity index (χ1) is 12.3. The van der Waals surface area contributed by atoms with Crippen LogP contribution in [0.1, 0.15) is 22.3 Å². The van der Waals surface area contributed by atoms with Crippen LogP contribution >= 0.6 is 0 Å². The van der Waals surface area contributed by atoms with Gasteiger partial charge in [-0.25, -0.2) is 0 Å². The van der Waals surface area contributed by atoms with Crippen molar-refractivity contribution in [2.24, 2.45) is 5.10 Å². The number of ether oxygens (including phenoxy) is 1. The predicted molar refractivity (Wildman–Crippen MR) is 103 cm³/mol. The Morgan fingerprint density at radius 3 is 2.12 bits per heavy atom. The monoisotopic (exact) mass is 330 g/mol. The molecule has 0 saturated carbocycles. The molecule has 0 aliphatic rings. The molecule has 0 heterocycles. The molecule has 0 radical (unpaired) electrons. The Balaban J connectivity index is 1.81. The quantitative estimate of drug-likeness (QED) is 0.531. The van der Waals surface area contributed by atoms with Gasteiger partial charge < -0.3 is 10.2 Å². The molecule has 3 aromatic carbocycles. The van der Waals surface area contributed by atoms with E-state index in [-0.39, 0.29) is 0 Å². The summed E-state index contributed by atoms with van der Waals surface area (Å²) in [7, 11) is 1.67. The van der Waals surface area contributed by atoms with Crippen molar-refractivity contribution in [2.45, 2.75) is 13.5 Å². The zero-order valence-electron chi connectivity index (χ0n) is 14.6. The summed E-state index contributed by atoms with van der Waals surface area (Å²) in [5, 5.41) is 4.67. The van der Waals surface area contributed by atoms with Gasteiger partial charge in [0.05, 0.1) is 19.4 Å². The third-order valence-corrected chi connectivity index (χ3v) is 4.01. The Kier molecular flexibility index (Phi) is 5.47. The van der Waals surface area contributed by atoms with Crippen LogP contribution in [0.4, 0.5) is 0 Å². The van der Waals surface area contributed by atoms with Crippen molar-refractivity contribution in [1.82, 2.24) is 5.43 Å². The third-order valence-electron chi connectivity index (χ3n) is 4.01. The van der Waals surface area contributed by atoms with Crippen LogP contribution in [0.25, 0.3) is 0 Å². The Labute approximate surface area is 149 Å². The van der Waals surface area contributed by atoms with Gasteiger partial charge in [-0.1, -0.05) is 72.3 Å². The molecule has 1 N–H and O–H groups in total. The fourth-order valence-electron chi connectivity index (χ4n) is 2.56. The highest BCUT2D eigenvalue weighted by molar-refractivity contribution is 6.12. The van der Waals surface area contributed by atoms with Gasteiger partial charge in [-0.2, -0.15) is 5.10 Å². The van der Waals surface area contributed by atoms with Crippen molar-refractivity contribution in [3.8, 4) is 5.75 Å². The molecule has 0 atom stereocenters. The summed E-state index contributed by atoms with van der Waals surface area (Å²) < 4.78 is 5.19. The Hall–Kier alpha value is -3.07. The largest absolute Gasteiger partial charge is 0.497 e. The minimum absolute atomic E-state index is 0.659. The number of rotatable bonds is 6. The standard InChI is InChI=1S/C22H22N2O/c1-17-8-12-20(13-9-17)22(19-6-4-3-5-7-19)24-23-16-18-10-14-21(25-2)15-11-18/h3-15,23H,16H2,1-2H3/b24-22+. The second-order valence-electron chi connectivity index (χ2n) is 5.88. The molecule has 0 spiro atoms. The highest BCUT2D eigenvalue weighted by Gasteiger charge is 2.06. The number of benzene rings is 3. The molecule has 0 amide bonds. The molecule has 0 fully saturated rings. The highest BCUT2D eigenvalue weighted by Crippen LogP contribution is 2.13. The summed E-state index contributed by atoms with van der Waals surface area (Å²) in [4.78, 5) is 0. The average Bonchev–Trinajstić information content (AvgIpc) is 2.67. The molecular formula is C22H22N2O. The molecule has 3 rings (SSSR count). The van der Waals surface area contributed by atoms with Gasteiger partial charge in [0.15, 0.2) is 0 Å². The van der Waals surface area contributed by atoms with E-state index >= 15 is 0 Å². The van der Waals surface area contributed by atoms with Gasteiger partial charge in [-0.05, 0) is 24.6 Å². The molecule has 3 heteroatoms. The summed E-state index contributed by atoms with van der Waals surface area (Å²) in [5.41, 5.74) is 8.72. The molecule has 25 heavy (non-hydrogen) atoms.